The molecule has 0 radical (unpaired) electrons. The molecule has 0 bridgehead atoms. The van der Waals surface area contributed by atoms with Crippen LogP contribution in [0.4, 0.5) is 9.18 Å². The lowest BCUT2D eigenvalue weighted by atomic mass is 9.93. The second kappa shape index (κ2) is 10.3. The summed E-state index contributed by atoms with van der Waals surface area (Å²) in [4.78, 5) is 19.8. The molecule has 0 aliphatic heterocycles. The number of nitrogens with one attached hydrogen (secondary N) is 1. The summed E-state index contributed by atoms with van der Waals surface area (Å²) in [7, 11) is -3.53. The molecule has 1 N–H and O–H groups in total. The molecule has 0 saturated heterocycles. The van der Waals surface area contributed by atoms with Gasteiger partial charge in [0.1, 0.15) is 12.4 Å². The lowest BCUT2D eigenvalue weighted by Gasteiger charge is -2.29. The van der Waals surface area contributed by atoms with Gasteiger partial charge in [0.2, 0.25) is 11.8 Å². The van der Waals surface area contributed by atoms with E-state index < -0.39 is 21.7 Å². The second-order valence-corrected chi connectivity index (χ2v) is 10.3. The predicted molar refractivity (Wildman–Crippen MR) is 118 cm³/mol. The lowest BCUT2D eigenvalue weighted by Crippen LogP contribution is -2.40. The van der Waals surface area contributed by atoms with Gasteiger partial charge in [0.15, 0.2) is 21.4 Å². The van der Waals surface area contributed by atoms with Gasteiger partial charge in [-0.05, 0) is 64.7 Å². The van der Waals surface area contributed by atoms with Crippen molar-refractivity contribution in [1.82, 2.24) is 15.3 Å². The van der Waals surface area contributed by atoms with Crippen LogP contribution < -0.4 is 14.8 Å². The van der Waals surface area contributed by atoms with E-state index in [1.165, 1.54) is 18.5 Å². The van der Waals surface area contributed by atoms with Crippen LogP contribution in [0.3, 0.4) is 0 Å². The van der Waals surface area contributed by atoms with Gasteiger partial charge in [-0.3, -0.25) is 0 Å². The van der Waals surface area contributed by atoms with Crippen LogP contribution in [0.1, 0.15) is 45.1 Å². The van der Waals surface area contributed by atoms with Crippen molar-refractivity contribution in [2.75, 3.05) is 6.26 Å². The molecule has 0 unspecified atom stereocenters. The maximum Gasteiger partial charge on any atom is 0.407 e. The number of nitrogens with zero attached hydrogens (tertiary/aromatic N) is 2. The highest BCUT2D eigenvalue weighted by Crippen LogP contribution is 2.32. The van der Waals surface area contributed by atoms with E-state index in [1.807, 2.05) is 0 Å². The normalized spacial score (nSPS) is 18.6. The van der Waals surface area contributed by atoms with Gasteiger partial charge in [0.05, 0.1) is 16.6 Å². The van der Waals surface area contributed by atoms with Gasteiger partial charge >= 0.3 is 6.09 Å². The molecule has 1 aromatic heterocycles. The molecule has 1 amide bonds. The quantitative estimate of drug-likeness (QED) is 0.632. The van der Waals surface area contributed by atoms with E-state index in [9.17, 15) is 17.6 Å². The van der Waals surface area contributed by atoms with Crippen LogP contribution in [0.2, 0.25) is 0 Å². The maximum atomic E-state index is 14.4. The SMILES string of the molecule is Cc1c(Oc2ccc(S(C)(=O)=O)cc2F)ncnc1O[C@H]1CC[C@@H](NC(=O)OC(C)C)CC1. The van der Waals surface area contributed by atoms with Crippen molar-refractivity contribution in [1.29, 1.82) is 0 Å². The minimum absolute atomic E-state index is 0.0272. The highest BCUT2D eigenvalue weighted by atomic mass is 32.2. The molecule has 1 aliphatic rings. The van der Waals surface area contributed by atoms with E-state index in [-0.39, 0.29) is 34.8 Å². The number of ether oxygens (including phenoxy) is 3. The highest BCUT2D eigenvalue weighted by Gasteiger charge is 2.26. The molecule has 3 rings (SSSR count). The van der Waals surface area contributed by atoms with E-state index in [2.05, 4.69) is 15.3 Å². The van der Waals surface area contributed by atoms with Crippen LogP contribution in [0.15, 0.2) is 29.4 Å². The van der Waals surface area contributed by atoms with Crippen molar-refractivity contribution in [3.63, 3.8) is 0 Å². The van der Waals surface area contributed by atoms with Crippen LogP contribution in [0.5, 0.6) is 17.5 Å². The van der Waals surface area contributed by atoms with E-state index in [1.54, 1.807) is 20.8 Å². The van der Waals surface area contributed by atoms with Crippen molar-refractivity contribution in [3.8, 4) is 17.5 Å². The summed E-state index contributed by atoms with van der Waals surface area (Å²) < 4.78 is 54.2. The number of halogens is 1. The number of carbonyl (C=O) groups excluding carboxylic acids is 1. The van der Waals surface area contributed by atoms with Gasteiger partial charge in [-0.1, -0.05) is 0 Å². The largest absolute Gasteiger partial charge is 0.474 e. The number of rotatable bonds is 7. The first-order chi connectivity index (χ1) is 15.5. The Kier molecular flexibility index (Phi) is 7.72. The molecule has 1 aliphatic carbocycles. The fourth-order valence-electron chi connectivity index (χ4n) is 3.44. The molecule has 9 nitrogen and oxygen atoms in total. The molecule has 2 aromatic rings. The fourth-order valence-corrected chi connectivity index (χ4v) is 4.07. The summed E-state index contributed by atoms with van der Waals surface area (Å²) >= 11 is 0. The molecule has 0 spiro atoms. The molecular formula is C22H28FN3O6S. The van der Waals surface area contributed by atoms with Crippen molar-refractivity contribution in [3.05, 3.63) is 35.9 Å². The predicted octanol–water partition coefficient (Wildman–Crippen LogP) is 3.94. The highest BCUT2D eigenvalue weighted by molar-refractivity contribution is 7.90. The first-order valence-electron chi connectivity index (χ1n) is 10.7. The molecular weight excluding hydrogens is 453 g/mol. The van der Waals surface area contributed by atoms with Crippen LogP contribution in [-0.2, 0) is 14.6 Å². The lowest BCUT2D eigenvalue weighted by molar-refractivity contribution is 0.0994. The van der Waals surface area contributed by atoms with E-state index in [4.69, 9.17) is 14.2 Å². The Hall–Kier alpha value is -2.95. The average Bonchev–Trinajstić information content (AvgIpc) is 2.72. The average molecular weight is 482 g/mol. The Morgan fingerprint density at radius 3 is 2.42 bits per heavy atom. The Morgan fingerprint density at radius 2 is 1.82 bits per heavy atom. The van der Waals surface area contributed by atoms with Gasteiger partial charge < -0.3 is 19.5 Å². The Bertz CT molecular complexity index is 1100. The molecule has 11 heteroatoms. The zero-order valence-electron chi connectivity index (χ0n) is 19.0. The molecule has 1 aromatic carbocycles. The number of carbonyl (C=O) groups is 1. The van der Waals surface area contributed by atoms with Crippen molar-refractivity contribution in [2.24, 2.45) is 0 Å². The molecule has 180 valence electrons. The van der Waals surface area contributed by atoms with Crippen molar-refractivity contribution >= 4 is 15.9 Å². The zero-order chi connectivity index (χ0) is 24.2. The summed E-state index contributed by atoms with van der Waals surface area (Å²) in [6.45, 7) is 5.29. The summed E-state index contributed by atoms with van der Waals surface area (Å²) in [5.41, 5.74) is 0.491. The van der Waals surface area contributed by atoms with Crippen LogP contribution in [-0.4, -0.2) is 49.0 Å². The van der Waals surface area contributed by atoms with Crippen molar-refractivity contribution < 1.29 is 31.8 Å². The third-order valence-corrected chi connectivity index (χ3v) is 6.26. The fraction of sp³-hybridized carbons (Fsp3) is 0.500. The van der Waals surface area contributed by atoms with Gasteiger partial charge in [-0.25, -0.2) is 27.6 Å². The number of hydrogen-bond donors (Lipinski definition) is 1. The third kappa shape index (κ3) is 6.77. The number of sulfone groups is 1. The van der Waals surface area contributed by atoms with E-state index in [0.29, 0.717) is 24.3 Å². The number of alkyl carbamates (subject to hydrolysis) is 1. The molecule has 1 fully saturated rings. The van der Waals surface area contributed by atoms with Gasteiger partial charge in [-0.2, -0.15) is 0 Å². The molecule has 1 heterocycles. The second-order valence-electron chi connectivity index (χ2n) is 8.27. The van der Waals surface area contributed by atoms with Crippen LogP contribution in [0.25, 0.3) is 0 Å². The van der Waals surface area contributed by atoms with Crippen LogP contribution in [0, 0.1) is 12.7 Å². The number of benzene rings is 1. The van der Waals surface area contributed by atoms with Crippen LogP contribution >= 0.6 is 0 Å². The number of aromatic nitrogens is 2. The minimum atomic E-state index is -3.53. The number of hydrogen-bond acceptors (Lipinski definition) is 8. The Labute approximate surface area is 192 Å². The number of amides is 1. The van der Waals surface area contributed by atoms with Gasteiger partial charge in [0.25, 0.3) is 0 Å². The standard InChI is InChI=1S/C22H28FN3O6S/c1-13(2)30-22(27)26-15-5-7-16(8-6-15)31-20-14(3)21(25-12-24-20)32-19-10-9-17(11-18(19)23)33(4,28)29/h9-13,15-16H,5-8H2,1-4H3,(H,26,27)/t15-,16+. The van der Waals surface area contributed by atoms with Gasteiger partial charge in [0, 0.05) is 12.3 Å². The summed E-state index contributed by atoms with van der Waals surface area (Å²) in [5.74, 6) is -0.545. The van der Waals surface area contributed by atoms with Crippen molar-refractivity contribution in [2.45, 2.75) is 69.6 Å². The minimum Gasteiger partial charge on any atom is -0.474 e. The maximum absolute atomic E-state index is 14.4. The zero-order valence-corrected chi connectivity index (χ0v) is 19.8. The molecule has 0 atom stereocenters. The monoisotopic (exact) mass is 481 g/mol. The Morgan fingerprint density at radius 1 is 1.15 bits per heavy atom. The van der Waals surface area contributed by atoms with E-state index in [0.717, 1.165) is 25.2 Å². The third-order valence-electron chi connectivity index (χ3n) is 5.15. The smallest absolute Gasteiger partial charge is 0.407 e. The molecule has 1 saturated carbocycles. The van der Waals surface area contributed by atoms with E-state index >= 15 is 0 Å². The Balaban J connectivity index is 1.62. The summed E-state index contributed by atoms with van der Waals surface area (Å²) in [6, 6.07) is 3.44. The molecule has 33 heavy (non-hydrogen) atoms. The summed E-state index contributed by atoms with van der Waals surface area (Å²) in [6.07, 6.45) is 4.48. The first-order valence-corrected chi connectivity index (χ1v) is 12.5. The topological polar surface area (TPSA) is 117 Å². The van der Waals surface area contributed by atoms with Gasteiger partial charge in [-0.15, -0.1) is 0 Å². The summed E-state index contributed by atoms with van der Waals surface area (Å²) in [5, 5.41) is 2.87. The first kappa shape index (κ1) is 24.7.